The van der Waals surface area contributed by atoms with Crippen molar-refractivity contribution >= 4 is 0 Å². The summed E-state index contributed by atoms with van der Waals surface area (Å²) in [5, 5.41) is 26.8. The molecule has 18 heavy (non-hydrogen) atoms. The zero-order valence-electron chi connectivity index (χ0n) is 10.5. The Bertz CT molecular complexity index is 517. The molecule has 1 aromatic heterocycles. The topological polar surface area (TPSA) is 70.3 Å². The Morgan fingerprint density at radius 2 is 1.94 bits per heavy atom. The number of benzene rings is 1. The summed E-state index contributed by atoms with van der Waals surface area (Å²) < 4.78 is 1.78. The fourth-order valence-corrected chi connectivity index (χ4v) is 1.92. The minimum absolute atomic E-state index is 0.0972. The van der Waals surface area contributed by atoms with Crippen LogP contribution < -0.4 is 5.32 Å². The Morgan fingerprint density at radius 1 is 1.28 bits per heavy atom. The van der Waals surface area contributed by atoms with Crippen LogP contribution in [0.4, 0.5) is 0 Å². The van der Waals surface area contributed by atoms with E-state index in [-0.39, 0.29) is 17.5 Å². The number of nitrogens with zero attached hydrogens (tertiary/aromatic N) is 2. The Balaban J connectivity index is 2.08. The van der Waals surface area contributed by atoms with Gasteiger partial charge in [0.2, 0.25) is 0 Å². The number of aromatic hydroxyl groups is 2. The van der Waals surface area contributed by atoms with Gasteiger partial charge in [-0.25, -0.2) is 0 Å². The van der Waals surface area contributed by atoms with E-state index in [1.165, 1.54) is 0 Å². The van der Waals surface area contributed by atoms with Crippen molar-refractivity contribution in [2.75, 3.05) is 0 Å². The molecule has 0 bridgehead atoms. The molecule has 0 spiro atoms. The van der Waals surface area contributed by atoms with Crippen molar-refractivity contribution < 1.29 is 10.2 Å². The highest BCUT2D eigenvalue weighted by Gasteiger charge is 2.14. The number of hydrogen-bond donors (Lipinski definition) is 3. The zero-order chi connectivity index (χ0) is 13.1. The molecule has 0 aliphatic heterocycles. The first kappa shape index (κ1) is 12.4. The number of nitrogens with one attached hydrogen (secondary N) is 1. The van der Waals surface area contributed by atoms with Crippen LogP contribution in [0.15, 0.2) is 30.5 Å². The maximum absolute atomic E-state index is 9.76. The van der Waals surface area contributed by atoms with Crippen molar-refractivity contribution in [3.63, 3.8) is 0 Å². The number of rotatable bonds is 4. The third kappa shape index (κ3) is 2.46. The molecular formula is C13H17N3O2. The first-order valence-corrected chi connectivity index (χ1v) is 5.80. The molecule has 0 fully saturated rings. The van der Waals surface area contributed by atoms with Gasteiger partial charge >= 0.3 is 0 Å². The standard InChI is InChI=1S/C13H17N3O2/c1-9(13-11(17)4-3-5-12(13)18)14-8-10-6-7-15-16(10)2/h3-7,9,14,17-18H,8H2,1-2H3. The summed E-state index contributed by atoms with van der Waals surface area (Å²) in [5.74, 6) is 0.194. The molecule has 1 aromatic carbocycles. The minimum atomic E-state index is -0.152. The maximum atomic E-state index is 9.76. The third-order valence-corrected chi connectivity index (χ3v) is 3.00. The van der Waals surface area contributed by atoms with Crippen molar-refractivity contribution in [3.8, 4) is 11.5 Å². The third-order valence-electron chi connectivity index (χ3n) is 3.00. The second kappa shape index (κ2) is 5.10. The largest absolute Gasteiger partial charge is 0.507 e. The van der Waals surface area contributed by atoms with E-state index in [4.69, 9.17) is 0 Å². The van der Waals surface area contributed by atoms with Crippen LogP contribution in [-0.2, 0) is 13.6 Å². The molecule has 5 nitrogen and oxygen atoms in total. The highest BCUT2D eigenvalue weighted by molar-refractivity contribution is 5.44. The van der Waals surface area contributed by atoms with E-state index in [1.807, 2.05) is 20.0 Å². The lowest BCUT2D eigenvalue weighted by atomic mass is 10.1. The van der Waals surface area contributed by atoms with Crippen molar-refractivity contribution in [3.05, 3.63) is 41.7 Å². The van der Waals surface area contributed by atoms with Crippen LogP contribution in [0, 0.1) is 0 Å². The number of hydrogen-bond acceptors (Lipinski definition) is 4. The summed E-state index contributed by atoms with van der Waals surface area (Å²) in [6.45, 7) is 2.51. The highest BCUT2D eigenvalue weighted by Crippen LogP contribution is 2.32. The van der Waals surface area contributed by atoms with E-state index in [2.05, 4.69) is 10.4 Å². The van der Waals surface area contributed by atoms with Gasteiger partial charge in [-0.3, -0.25) is 4.68 Å². The molecule has 0 saturated heterocycles. The van der Waals surface area contributed by atoms with Gasteiger partial charge in [0.1, 0.15) is 11.5 Å². The quantitative estimate of drug-likeness (QED) is 0.768. The fraction of sp³-hybridized carbons (Fsp3) is 0.308. The molecule has 2 rings (SSSR count). The normalized spacial score (nSPS) is 12.6. The molecule has 5 heteroatoms. The van der Waals surface area contributed by atoms with E-state index >= 15 is 0 Å². The molecule has 3 N–H and O–H groups in total. The summed E-state index contributed by atoms with van der Waals surface area (Å²) in [6, 6.07) is 6.52. The van der Waals surface area contributed by atoms with E-state index in [1.54, 1.807) is 29.1 Å². The lowest BCUT2D eigenvalue weighted by molar-refractivity contribution is 0.417. The lowest BCUT2D eigenvalue weighted by Crippen LogP contribution is -2.20. The summed E-state index contributed by atoms with van der Waals surface area (Å²) >= 11 is 0. The smallest absolute Gasteiger partial charge is 0.124 e. The van der Waals surface area contributed by atoms with Gasteiger partial charge < -0.3 is 15.5 Å². The molecular weight excluding hydrogens is 230 g/mol. The minimum Gasteiger partial charge on any atom is -0.507 e. The molecule has 0 saturated carbocycles. The van der Waals surface area contributed by atoms with E-state index in [0.717, 1.165) is 5.69 Å². The van der Waals surface area contributed by atoms with Gasteiger partial charge in [-0.15, -0.1) is 0 Å². The summed E-state index contributed by atoms with van der Waals surface area (Å²) in [5.41, 5.74) is 1.55. The second-order valence-corrected chi connectivity index (χ2v) is 4.26. The molecule has 96 valence electrons. The van der Waals surface area contributed by atoms with Gasteiger partial charge in [-0.2, -0.15) is 5.10 Å². The van der Waals surface area contributed by atoms with Crippen LogP contribution in [0.2, 0.25) is 0 Å². The molecule has 2 aromatic rings. The van der Waals surface area contributed by atoms with Crippen molar-refractivity contribution in [1.29, 1.82) is 0 Å². The van der Waals surface area contributed by atoms with E-state index in [9.17, 15) is 10.2 Å². The molecule has 0 aliphatic rings. The number of phenols is 2. The van der Waals surface area contributed by atoms with Gasteiger partial charge in [-0.1, -0.05) is 6.07 Å². The monoisotopic (exact) mass is 247 g/mol. The van der Waals surface area contributed by atoms with Crippen LogP contribution in [0.5, 0.6) is 11.5 Å². The molecule has 1 heterocycles. The lowest BCUT2D eigenvalue weighted by Gasteiger charge is -2.16. The second-order valence-electron chi connectivity index (χ2n) is 4.26. The molecule has 1 atom stereocenters. The average molecular weight is 247 g/mol. The van der Waals surface area contributed by atoms with Crippen LogP contribution in [0.25, 0.3) is 0 Å². The van der Waals surface area contributed by atoms with Crippen LogP contribution >= 0.6 is 0 Å². The van der Waals surface area contributed by atoms with Gasteiger partial charge in [-0.05, 0) is 25.1 Å². The molecule has 0 amide bonds. The maximum Gasteiger partial charge on any atom is 0.124 e. The molecule has 0 radical (unpaired) electrons. The Labute approximate surface area is 106 Å². The predicted octanol–water partition coefficient (Wildman–Crippen LogP) is 1.68. The van der Waals surface area contributed by atoms with Crippen molar-refractivity contribution in [1.82, 2.24) is 15.1 Å². The Kier molecular flexibility index (Phi) is 3.53. The summed E-state index contributed by atoms with van der Waals surface area (Å²) in [4.78, 5) is 0. The first-order chi connectivity index (χ1) is 8.59. The predicted molar refractivity (Wildman–Crippen MR) is 68.2 cm³/mol. The van der Waals surface area contributed by atoms with Gasteiger partial charge in [0.25, 0.3) is 0 Å². The number of aryl methyl sites for hydroxylation is 1. The van der Waals surface area contributed by atoms with Crippen LogP contribution in [0.1, 0.15) is 24.2 Å². The van der Waals surface area contributed by atoms with Gasteiger partial charge in [0.05, 0.1) is 11.3 Å². The molecule has 1 unspecified atom stereocenters. The Hall–Kier alpha value is -2.01. The SMILES string of the molecule is CC(NCc1ccnn1C)c1c(O)cccc1O. The van der Waals surface area contributed by atoms with Crippen LogP contribution in [0.3, 0.4) is 0 Å². The fourth-order valence-electron chi connectivity index (χ4n) is 1.92. The van der Waals surface area contributed by atoms with E-state index in [0.29, 0.717) is 12.1 Å². The average Bonchev–Trinajstić information content (AvgIpc) is 2.72. The summed E-state index contributed by atoms with van der Waals surface area (Å²) in [7, 11) is 1.87. The van der Waals surface area contributed by atoms with Crippen molar-refractivity contribution in [2.24, 2.45) is 7.05 Å². The van der Waals surface area contributed by atoms with E-state index < -0.39 is 0 Å². The number of phenolic OH excluding ortho intramolecular Hbond substituents is 2. The van der Waals surface area contributed by atoms with Crippen LogP contribution in [-0.4, -0.2) is 20.0 Å². The highest BCUT2D eigenvalue weighted by atomic mass is 16.3. The van der Waals surface area contributed by atoms with Gasteiger partial charge in [0, 0.05) is 25.8 Å². The van der Waals surface area contributed by atoms with Crippen molar-refractivity contribution in [2.45, 2.75) is 19.5 Å². The zero-order valence-corrected chi connectivity index (χ0v) is 10.5. The van der Waals surface area contributed by atoms with Gasteiger partial charge in [0.15, 0.2) is 0 Å². The summed E-state index contributed by atoms with van der Waals surface area (Å²) in [6.07, 6.45) is 1.74. The molecule has 0 aliphatic carbocycles. The Morgan fingerprint density at radius 3 is 2.50 bits per heavy atom. The first-order valence-electron chi connectivity index (χ1n) is 5.80. The number of aromatic nitrogens is 2.